The molecular weight excluding hydrogens is 257 g/mol. The lowest BCUT2D eigenvalue weighted by molar-refractivity contribution is -0.142. The van der Waals surface area contributed by atoms with Gasteiger partial charge in [-0.25, -0.2) is 0 Å². The van der Waals surface area contributed by atoms with Crippen LogP contribution in [0.2, 0.25) is 0 Å². The maximum atomic E-state index is 12.2. The minimum absolute atomic E-state index is 0.548. The van der Waals surface area contributed by atoms with Gasteiger partial charge in [0.05, 0.1) is 6.42 Å². The number of amides is 1. The van der Waals surface area contributed by atoms with Gasteiger partial charge in [-0.2, -0.15) is 13.2 Å². The number of nitrogens with two attached hydrogens (primary N) is 1. The Morgan fingerprint density at radius 3 is 2.32 bits per heavy atom. The van der Waals surface area contributed by atoms with Crippen LogP contribution in [0.3, 0.4) is 0 Å². The highest BCUT2D eigenvalue weighted by Gasteiger charge is 2.35. The molecule has 0 radical (unpaired) electrons. The first kappa shape index (κ1) is 15.5. The highest BCUT2D eigenvalue weighted by Crippen LogP contribution is 2.22. The molecule has 2 unspecified atom stereocenters. The molecule has 0 bridgehead atoms. The summed E-state index contributed by atoms with van der Waals surface area (Å²) in [6.07, 6.45) is -5.39. The summed E-state index contributed by atoms with van der Waals surface area (Å²) in [6.45, 7) is 2.77. The molecule has 0 aromatic heterocycles. The Labute approximate surface area is 110 Å². The Bertz CT molecular complexity index is 429. The molecule has 0 heterocycles. The molecule has 3 nitrogen and oxygen atoms in total. The fourth-order valence-electron chi connectivity index (χ4n) is 1.69. The summed E-state index contributed by atoms with van der Waals surface area (Å²) in [5.41, 5.74) is 5.09. The SMILES string of the molecule is CC(CC(F)(F)F)NC(=O)C(C)(N)c1ccccc1. The molecule has 6 heteroatoms. The molecule has 0 saturated heterocycles. The smallest absolute Gasteiger partial charge is 0.351 e. The van der Waals surface area contributed by atoms with Crippen molar-refractivity contribution in [3.8, 4) is 0 Å². The number of alkyl halides is 3. The van der Waals surface area contributed by atoms with E-state index in [0.717, 1.165) is 0 Å². The average Bonchev–Trinajstić information content (AvgIpc) is 2.27. The van der Waals surface area contributed by atoms with Gasteiger partial charge in [0.15, 0.2) is 0 Å². The minimum Gasteiger partial charge on any atom is -0.351 e. The van der Waals surface area contributed by atoms with Crippen molar-refractivity contribution in [1.82, 2.24) is 5.32 Å². The van der Waals surface area contributed by atoms with Gasteiger partial charge in [-0.05, 0) is 19.4 Å². The second kappa shape index (κ2) is 5.61. The quantitative estimate of drug-likeness (QED) is 0.885. The highest BCUT2D eigenvalue weighted by atomic mass is 19.4. The van der Waals surface area contributed by atoms with Crippen LogP contribution >= 0.6 is 0 Å². The molecule has 0 aliphatic heterocycles. The second-order valence-electron chi connectivity index (χ2n) is 4.76. The van der Waals surface area contributed by atoms with Gasteiger partial charge < -0.3 is 11.1 Å². The number of hydrogen-bond donors (Lipinski definition) is 2. The van der Waals surface area contributed by atoms with Gasteiger partial charge in [0, 0.05) is 6.04 Å². The topological polar surface area (TPSA) is 55.1 Å². The highest BCUT2D eigenvalue weighted by molar-refractivity contribution is 5.87. The van der Waals surface area contributed by atoms with Gasteiger partial charge >= 0.3 is 6.18 Å². The van der Waals surface area contributed by atoms with Gasteiger partial charge in [-0.15, -0.1) is 0 Å². The number of carbonyl (C=O) groups is 1. The number of nitrogens with one attached hydrogen (secondary N) is 1. The third kappa shape index (κ3) is 4.55. The molecule has 2 atom stereocenters. The molecule has 106 valence electrons. The van der Waals surface area contributed by atoms with Gasteiger partial charge in [0.25, 0.3) is 0 Å². The predicted octanol–water partition coefficient (Wildman–Crippen LogP) is 2.32. The van der Waals surface area contributed by atoms with Crippen LogP contribution in [-0.4, -0.2) is 18.1 Å². The summed E-state index contributed by atoms with van der Waals surface area (Å²) in [6, 6.07) is 7.50. The van der Waals surface area contributed by atoms with Crippen LogP contribution in [0.25, 0.3) is 0 Å². The Kier molecular flexibility index (Phi) is 4.57. The van der Waals surface area contributed by atoms with E-state index in [4.69, 9.17) is 5.73 Å². The van der Waals surface area contributed by atoms with Crippen LogP contribution in [0.1, 0.15) is 25.8 Å². The number of carbonyl (C=O) groups excluding carboxylic acids is 1. The number of hydrogen-bond acceptors (Lipinski definition) is 2. The van der Waals surface area contributed by atoms with Crippen molar-refractivity contribution < 1.29 is 18.0 Å². The first-order chi connectivity index (χ1) is 8.63. The number of rotatable bonds is 4. The Morgan fingerprint density at radius 2 is 1.84 bits per heavy atom. The molecule has 1 aromatic rings. The first-order valence-corrected chi connectivity index (χ1v) is 5.85. The van der Waals surface area contributed by atoms with E-state index in [2.05, 4.69) is 5.32 Å². The lowest BCUT2D eigenvalue weighted by Gasteiger charge is -2.26. The third-order valence-corrected chi connectivity index (χ3v) is 2.76. The van der Waals surface area contributed by atoms with Crippen molar-refractivity contribution >= 4 is 5.91 Å². The van der Waals surface area contributed by atoms with Crippen LogP contribution in [0.5, 0.6) is 0 Å². The second-order valence-corrected chi connectivity index (χ2v) is 4.76. The molecule has 0 aliphatic carbocycles. The zero-order chi connectivity index (χ0) is 14.7. The molecule has 0 saturated carbocycles. The molecule has 0 spiro atoms. The van der Waals surface area contributed by atoms with Gasteiger partial charge in [0.2, 0.25) is 5.91 Å². The Hall–Kier alpha value is -1.56. The summed E-state index contributed by atoms with van der Waals surface area (Å²) >= 11 is 0. The van der Waals surface area contributed by atoms with Crippen molar-refractivity contribution in [2.75, 3.05) is 0 Å². The van der Waals surface area contributed by atoms with E-state index >= 15 is 0 Å². The standard InChI is InChI=1S/C13H17F3N2O/c1-9(8-13(14,15)16)18-11(19)12(2,17)10-6-4-3-5-7-10/h3-7,9H,8,17H2,1-2H3,(H,18,19). The Balaban J connectivity index is 2.72. The van der Waals surface area contributed by atoms with Crippen LogP contribution in [0.4, 0.5) is 13.2 Å². The fraction of sp³-hybridized carbons (Fsp3) is 0.462. The largest absolute Gasteiger partial charge is 0.391 e. The van der Waals surface area contributed by atoms with E-state index in [1.165, 1.54) is 13.8 Å². The normalized spacial score (nSPS) is 16.5. The number of halogens is 3. The summed E-state index contributed by atoms with van der Waals surface area (Å²) in [5, 5.41) is 2.29. The number of benzene rings is 1. The van der Waals surface area contributed by atoms with Crippen molar-refractivity contribution in [3.63, 3.8) is 0 Å². The summed E-state index contributed by atoms with van der Waals surface area (Å²) in [5.74, 6) is -0.629. The average molecular weight is 274 g/mol. The molecular formula is C13H17F3N2O. The molecule has 1 amide bonds. The summed E-state index contributed by atoms with van der Waals surface area (Å²) in [4.78, 5) is 12.0. The molecule has 0 fully saturated rings. The van der Waals surface area contributed by atoms with Crippen LogP contribution in [0.15, 0.2) is 30.3 Å². The van der Waals surface area contributed by atoms with E-state index in [-0.39, 0.29) is 0 Å². The maximum Gasteiger partial charge on any atom is 0.391 e. The lowest BCUT2D eigenvalue weighted by Crippen LogP contribution is -2.52. The van der Waals surface area contributed by atoms with Crippen molar-refractivity contribution in [2.45, 2.75) is 38.0 Å². The van der Waals surface area contributed by atoms with E-state index in [0.29, 0.717) is 5.56 Å². The molecule has 1 aromatic carbocycles. The fourth-order valence-corrected chi connectivity index (χ4v) is 1.69. The molecule has 0 aliphatic rings. The lowest BCUT2D eigenvalue weighted by atomic mass is 9.92. The minimum atomic E-state index is -4.32. The van der Waals surface area contributed by atoms with E-state index in [1.54, 1.807) is 30.3 Å². The first-order valence-electron chi connectivity index (χ1n) is 5.85. The van der Waals surface area contributed by atoms with Gasteiger partial charge in [0.1, 0.15) is 5.54 Å². The van der Waals surface area contributed by atoms with Crippen molar-refractivity contribution in [1.29, 1.82) is 0 Å². The van der Waals surface area contributed by atoms with Gasteiger partial charge in [-0.1, -0.05) is 30.3 Å². The Morgan fingerprint density at radius 1 is 1.32 bits per heavy atom. The van der Waals surface area contributed by atoms with E-state index in [1.807, 2.05) is 0 Å². The summed E-state index contributed by atoms with van der Waals surface area (Å²) < 4.78 is 36.6. The monoisotopic (exact) mass is 274 g/mol. The maximum absolute atomic E-state index is 12.2. The van der Waals surface area contributed by atoms with E-state index in [9.17, 15) is 18.0 Å². The van der Waals surface area contributed by atoms with E-state index < -0.39 is 30.1 Å². The van der Waals surface area contributed by atoms with Crippen molar-refractivity contribution in [2.24, 2.45) is 5.73 Å². The van der Waals surface area contributed by atoms with Crippen LogP contribution < -0.4 is 11.1 Å². The van der Waals surface area contributed by atoms with Crippen LogP contribution in [0, 0.1) is 0 Å². The predicted molar refractivity (Wildman–Crippen MR) is 66.3 cm³/mol. The third-order valence-electron chi connectivity index (χ3n) is 2.76. The molecule has 19 heavy (non-hydrogen) atoms. The van der Waals surface area contributed by atoms with Crippen molar-refractivity contribution in [3.05, 3.63) is 35.9 Å². The zero-order valence-electron chi connectivity index (χ0n) is 10.8. The van der Waals surface area contributed by atoms with Crippen LogP contribution in [-0.2, 0) is 10.3 Å². The molecule has 1 rings (SSSR count). The van der Waals surface area contributed by atoms with Gasteiger partial charge in [-0.3, -0.25) is 4.79 Å². The molecule has 3 N–H and O–H groups in total. The summed E-state index contributed by atoms with van der Waals surface area (Å²) in [7, 11) is 0. The zero-order valence-corrected chi connectivity index (χ0v) is 10.8.